The number of hydrogen-bond donors (Lipinski definition) is 1. The molecule has 3 aromatic rings. The number of aromatic carboxylic acids is 1. The molecule has 3 aromatic carbocycles. The maximum atomic E-state index is 12.9. The predicted molar refractivity (Wildman–Crippen MR) is 114 cm³/mol. The van der Waals surface area contributed by atoms with Gasteiger partial charge in [-0.3, -0.25) is 0 Å². The van der Waals surface area contributed by atoms with E-state index in [1.807, 2.05) is 42.5 Å². The molecule has 0 amide bonds. The van der Waals surface area contributed by atoms with Crippen LogP contribution in [-0.2, 0) is 10.0 Å². The van der Waals surface area contributed by atoms with Gasteiger partial charge in [0.1, 0.15) is 0 Å². The molecule has 1 saturated heterocycles. The normalized spacial score (nSPS) is 15.4. The quantitative estimate of drug-likeness (QED) is 0.629. The fraction of sp³-hybridized carbons (Fsp3) is 0.227. The first-order chi connectivity index (χ1) is 13.9. The first kappa shape index (κ1) is 19.9. The Bertz CT molecular complexity index is 1170. The highest BCUT2D eigenvalue weighted by Crippen LogP contribution is 2.34. The van der Waals surface area contributed by atoms with E-state index in [2.05, 4.69) is 0 Å². The molecule has 0 aromatic heterocycles. The van der Waals surface area contributed by atoms with Gasteiger partial charge < -0.3 is 5.11 Å². The third kappa shape index (κ3) is 4.17. The molecule has 0 saturated carbocycles. The van der Waals surface area contributed by atoms with Crippen LogP contribution in [0.15, 0.2) is 75.4 Å². The Labute approximate surface area is 174 Å². The number of fused-ring (bicyclic) bond motifs is 1. The molecule has 0 atom stereocenters. The van der Waals surface area contributed by atoms with Crippen molar-refractivity contribution < 1.29 is 18.3 Å². The number of piperidine rings is 1. The number of carboxylic acids is 1. The summed E-state index contributed by atoms with van der Waals surface area (Å²) in [6.07, 6.45) is 2.69. The molecule has 29 heavy (non-hydrogen) atoms. The third-order valence-electron chi connectivity index (χ3n) is 5.08. The van der Waals surface area contributed by atoms with Crippen molar-refractivity contribution in [2.45, 2.75) is 33.9 Å². The minimum Gasteiger partial charge on any atom is -0.478 e. The lowest BCUT2D eigenvalue weighted by Crippen LogP contribution is -2.35. The Morgan fingerprint density at radius 2 is 1.62 bits per heavy atom. The van der Waals surface area contributed by atoms with Gasteiger partial charge in [0.25, 0.3) is 0 Å². The largest absolute Gasteiger partial charge is 0.478 e. The molecule has 0 aliphatic carbocycles. The molecule has 1 fully saturated rings. The van der Waals surface area contributed by atoms with Crippen molar-refractivity contribution in [2.75, 3.05) is 13.1 Å². The molecule has 150 valence electrons. The van der Waals surface area contributed by atoms with Gasteiger partial charge in [-0.2, -0.15) is 4.31 Å². The van der Waals surface area contributed by atoms with Gasteiger partial charge in [0.2, 0.25) is 10.0 Å². The van der Waals surface area contributed by atoms with Gasteiger partial charge in [0, 0.05) is 22.9 Å². The SMILES string of the molecule is O=C(O)c1cc(S(=O)(=O)N2CCCCC2)ccc1Sc1ccc2ccccc2c1. The second kappa shape index (κ2) is 8.18. The van der Waals surface area contributed by atoms with Crippen molar-refractivity contribution in [3.05, 3.63) is 66.2 Å². The summed E-state index contributed by atoms with van der Waals surface area (Å²) in [5.74, 6) is -1.14. The molecule has 0 radical (unpaired) electrons. The van der Waals surface area contributed by atoms with Gasteiger partial charge in [-0.05, 0) is 53.9 Å². The third-order valence-corrected chi connectivity index (χ3v) is 8.04. The molecule has 0 spiro atoms. The molecule has 4 rings (SSSR count). The Balaban J connectivity index is 1.67. The van der Waals surface area contributed by atoms with Gasteiger partial charge in [-0.15, -0.1) is 0 Å². The van der Waals surface area contributed by atoms with Crippen LogP contribution in [0.2, 0.25) is 0 Å². The van der Waals surface area contributed by atoms with Gasteiger partial charge in [-0.1, -0.05) is 48.5 Å². The van der Waals surface area contributed by atoms with Crippen molar-refractivity contribution in [1.29, 1.82) is 0 Å². The standard InChI is InChI=1S/C22H21NO4S2/c24-22(25)20-15-19(29(26,27)23-12-4-1-5-13-23)10-11-21(20)28-18-9-8-16-6-2-3-7-17(16)14-18/h2-3,6-11,14-15H,1,4-5,12-13H2,(H,24,25). The van der Waals surface area contributed by atoms with E-state index in [1.165, 1.54) is 28.2 Å². The van der Waals surface area contributed by atoms with Crippen molar-refractivity contribution in [1.82, 2.24) is 4.31 Å². The first-order valence-electron chi connectivity index (χ1n) is 9.49. The monoisotopic (exact) mass is 427 g/mol. The summed E-state index contributed by atoms with van der Waals surface area (Å²) in [7, 11) is -3.68. The van der Waals surface area contributed by atoms with E-state index >= 15 is 0 Å². The topological polar surface area (TPSA) is 74.7 Å². The zero-order chi connectivity index (χ0) is 20.4. The zero-order valence-electron chi connectivity index (χ0n) is 15.7. The zero-order valence-corrected chi connectivity index (χ0v) is 17.4. The Morgan fingerprint density at radius 3 is 2.34 bits per heavy atom. The molecule has 1 heterocycles. The van der Waals surface area contributed by atoms with Crippen LogP contribution in [0.1, 0.15) is 29.6 Å². The van der Waals surface area contributed by atoms with E-state index in [4.69, 9.17) is 0 Å². The van der Waals surface area contributed by atoms with Crippen LogP contribution >= 0.6 is 11.8 Å². The predicted octanol–water partition coefficient (Wildman–Crippen LogP) is 4.86. The average molecular weight is 428 g/mol. The van der Waals surface area contributed by atoms with E-state index in [0.29, 0.717) is 18.0 Å². The summed E-state index contributed by atoms with van der Waals surface area (Å²) in [6, 6.07) is 18.3. The number of hydrogen-bond acceptors (Lipinski definition) is 4. The van der Waals surface area contributed by atoms with Gasteiger partial charge in [0.15, 0.2) is 0 Å². The summed E-state index contributed by atoms with van der Waals surface area (Å²) < 4.78 is 27.3. The van der Waals surface area contributed by atoms with Crippen LogP contribution in [0.25, 0.3) is 10.8 Å². The summed E-state index contributed by atoms with van der Waals surface area (Å²) in [5.41, 5.74) is 0.00115. The van der Waals surface area contributed by atoms with E-state index < -0.39 is 16.0 Å². The van der Waals surface area contributed by atoms with Crippen molar-refractivity contribution >= 4 is 38.5 Å². The molecule has 1 N–H and O–H groups in total. The fourth-order valence-electron chi connectivity index (χ4n) is 3.54. The first-order valence-corrected chi connectivity index (χ1v) is 11.7. The van der Waals surface area contributed by atoms with Gasteiger partial charge in [0.05, 0.1) is 10.5 Å². The molecule has 5 nitrogen and oxygen atoms in total. The van der Waals surface area contributed by atoms with Crippen LogP contribution in [0.5, 0.6) is 0 Å². The van der Waals surface area contributed by atoms with Crippen molar-refractivity contribution in [2.24, 2.45) is 0 Å². The molecule has 7 heteroatoms. The molecule has 1 aliphatic rings. The van der Waals surface area contributed by atoms with Crippen molar-refractivity contribution in [3.63, 3.8) is 0 Å². The molecule has 0 bridgehead atoms. The average Bonchev–Trinajstić information content (AvgIpc) is 2.74. The number of nitrogens with zero attached hydrogens (tertiary/aromatic N) is 1. The lowest BCUT2D eigenvalue weighted by Gasteiger charge is -2.26. The number of carboxylic acid groups (broad SMARTS) is 1. The second-order valence-corrected chi connectivity index (χ2v) is 10.1. The lowest BCUT2D eigenvalue weighted by atomic mass is 10.1. The summed E-state index contributed by atoms with van der Waals surface area (Å²) in [5, 5.41) is 11.9. The van der Waals surface area contributed by atoms with E-state index in [1.54, 1.807) is 6.07 Å². The highest BCUT2D eigenvalue weighted by molar-refractivity contribution is 7.99. The molecular formula is C22H21NO4S2. The lowest BCUT2D eigenvalue weighted by molar-refractivity contribution is 0.0693. The van der Waals surface area contributed by atoms with Crippen LogP contribution in [0.4, 0.5) is 0 Å². The van der Waals surface area contributed by atoms with Crippen LogP contribution in [0, 0.1) is 0 Å². The summed E-state index contributed by atoms with van der Waals surface area (Å²) in [4.78, 5) is 13.3. The number of benzene rings is 3. The highest BCUT2D eigenvalue weighted by atomic mass is 32.2. The van der Waals surface area contributed by atoms with Gasteiger partial charge >= 0.3 is 5.97 Å². The highest BCUT2D eigenvalue weighted by Gasteiger charge is 2.27. The maximum Gasteiger partial charge on any atom is 0.336 e. The maximum absolute atomic E-state index is 12.9. The smallest absolute Gasteiger partial charge is 0.336 e. The summed E-state index contributed by atoms with van der Waals surface area (Å²) >= 11 is 1.32. The minimum atomic E-state index is -3.68. The Hall–Kier alpha value is -2.35. The molecule has 1 aliphatic heterocycles. The summed E-state index contributed by atoms with van der Waals surface area (Å²) in [6.45, 7) is 0.969. The second-order valence-electron chi connectivity index (χ2n) is 7.04. The van der Waals surface area contributed by atoms with E-state index in [9.17, 15) is 18.3 Å². The molecular weight excluding hydrogens is 406 g/mol. The van der Waals surface area contributed by atoms with Crippen LogP contribution < -0.4 is 0 Å². The number of carbonyl (C=O) groups is 1. The fourth-order valence-corrected chi connectivity index (χ4v) is 6.05. The Morgan fingerprint density at radius 1 is 0.897 bits per heavy atom. The van der Waals surface area contributed by atoms with E-state index in [0.717, 1.165) is 34.9 Å². The van der Waals surface area contributed by atoms with Gasteiger partial charge in [-0.25, -0.2) is 13.2 Å². The van der Waals surface area contributed by atoms with E-state index in [-0.39, 0.29) is 10.5 Å². The van der Waals surface area contributed by atoms with Crippen molar-refractivity contribution in [3.8, 4) is 0 Å². The molecule has 0 unspecified atom stereocenters. The van der Waals surface area contributed by atoms with Crippen LogP contribution in [0.3, 0.4) is 0 Å². The minimum absolute atomic E-state index is 0.00115. The Kier molecular flexibility index (Phi) is 5.63. The number of sulfonamides is 1. The number of rotatable bonds is 5. The van der Waals surface area contributed by atoms with Crippen LogP contribution in [-0.4, -0.2) is 36.9 Å².